The quantitative estimate of drug-likeness (QED) is 0.766. The van der Waals surface area contributed by atoms with Crippen LogP contribution in [0.5, 0.6) is 0 Å². The van der Waals surface area contributed by atoms with Gasteiger partial charge in [0, 0.05) is 10.0 Å². The van der Waals surface area contributed by atoms with Gasteiger partial charge in [-0.05, 0) is 31.9 Å². The molecule has 1 N–H and O–H groups in total. The van der Waals surface area contributed by atoms with Crippen LogP contribution in [0.2, 0.25) is 10.0 Å². The molecule has 2 radical (unpaired) electrons. The molecule has 1 nitrogen and oxygen atoms in total. The zero-order valence-corrected chi connectivity index (χ0v) is 13.2. The van der Waals surface area contributed by atoms with E-state index in [0.29, 0.717) is 5.92 Å². The molecule has 0 aliphatic rings. The lowest BCUT2D eigenvalue weighted by atomic mass is 9.95. The minimum atomic E-state index is -4.46. The second-order valence-corrected chi connectivity index (χ2v) is 5.97. The number of alkyl halides is 3. The molecule has 20 heavy (non-hydrogen) atoms. The van der Waals surface area contributed by atoms with E-state index in [2.05, 4.69) is 0 Å². The zero-order valence-electron chi connectivity index (χ0n) is 11.6. The lowest BCUT2D eigenvalue weighted by Crippen LogP contribution is -2.25. The number of hydrogen-bond acceptors (Lipinski definition) is 1. The van der Waals surface area contributed by atoms with E-state index in [4.69, 9.17) is 36.2 Å². The summed E-state index contributed by atoms with van der Waals surface area (Å²) in [5.41, 5.74) is -1.45. The molecule has 1 aromatic carbocycles. The van der Waals surface area contributed by atoms with Crippen molar-refractivity contribution in [3.63, 3.8) is 0 Å². The summed E-state index contributed by atoms with van der Waals surface area (Å²) in [5.74, 6) is 0.354. The van der Waals surface area contributed by atoms with Gasteiger partial charge in [0.05, 0.1) is 11.2 Å². The van der Waals surface area contributed by atoms with E-state index in [0.717, 1.165) is 12.1 Å². The fourth-order valence-corrected chi connectivity index (χ4v) is 1.24. The van der Waals surface area contributed by atoms with Crippen molar-refractivity contribution in [1.29, 1.82) is 0 Å². The van der Waals surface area contributed by atoms with Crippen LogP contribution >= 0.6 is 23.2 Å². The molecule has 112 valence electrons. The molecule has 0 spiro atoms. The maximum absolute atomic E-state index is 12.1. The summed E-state index contributed by atoms with van der Waals surface area (Å²) in [6.45, 7) is 7.63. The van der Waals surface area contributed by atoms with Gasteiger partial charge in [-0.1, -0.05) is 42.5 Å². The van der Waals surface area contributed by atoms with Gasteiger partial charge in [0.25, 0.3) is 0 Å². The van der Waals surface area contributed by atoms with Gasteiger partial charge in [0.2, 0.25) is 0 Å². The summed E-state index contributed by atoms with van der Waals surface area (Å²) >= 11 is 10.8. The summed E-state index contributed by atoms with van der Waals surface area (Å²) in [6, 6.07) is 1.48. The van der Waals surface area contributed by atoms with Gasteiger partial charge in [-0.3, -0.25) is 0 Å². The first-order valence-corrected chi connectivity index (χ1v) is 6.56. The number of aliphatic hydroxyl groups is 1. The number of benzene rings is 1. The van der Waals surface area contributed by atoms with Gasteiger partial charge in [0.1, 0.15) is 7.85 Å². The molecule has 1 rings (SSSR count). The van der Waals surface area contributed by atoms with E-state index < -0.39 is 17.3 Å². The van der Waals surface area contributed by atoms with Crippen LogP contribution in [-0.2, 0) is 6.18 Å². The van der Waals surface area contributed by atoms with Crippen LogP contribution in [0.25, 0.3) is 0 Å². The van der Waals surface area contributed by atoms with Crippen molar-refractivity contribution >= 4 is 36.5 Å². The molecule has 7 heteroatoms. The summed E-state index contributed by atoms with van der Waals surface area (Å²) in [4.78, 5) is 0. The Hall–Kier alpha value is -0.385. The molecular formula is C13H16BCl2F3O. The second kappa shape index (κ2) is 7.05. The predicted molar refractivity (Wildman–Crippen MR) is 78.0 cm³/mol. The van der Waals surface area contributed by atoms with Crippen molar-refractivity contribution in [2.24, 2.45) is 5.92 Å². The largest absolute Gasteiger partial charge is 0.416 e. The highest BCUT2D eigenvalue weighted by molar-refractivity contribution is 6.51. The van der Waals surface area contributed by atoms with Crippen molar-refractivity contribution in [2.75, 3.05) is 0 Å². The molecule has 0 aromatic heterocycles. The van der Waals surface area contributed by atoms with E-state index >= 15 is 0 Å². The van der Waals surface area contributed by atoms with Crippen LogP contribution < -0.4 is 5.46 Å². The minimum Gasteiger partial charge on any atom is -0.390 e. The fourth-order valence-electron chi connectivity index (χ4n) is 0.748. The topological polar surface area (TPSA) is 20.2 Å². The third kappa shape index (κ3) is 6.38. The molecule has 0 fully saturated rings. The molecule has 0 amide bonds. The number of rotatable bonds is 1. The second-order valence-electron chi connectivity index (χ2n) is 5.16. The normalized spacial score (nSPS) is 12.2. The maximum atomic E-state index is 12.1. The molecule has 1 aromatic rings. The average Bonchev–Trinajstić information content (AvgIpc) is 2.23. The number of halogens is 5. The molecule has 0 aliphatic heterocycles. The molecule has 0 heterocycles. The lowest BCUT2D eigenvalue weighted by Gasteiger charge is -2.21. The van der Waals surface area contributed by atoms with Crippen LogP contribution in [0.1, 0.15) is 33.3 Å². The SMILES string of the molecule is CC(C)C(C)(C)O.[B]c1c(Cl)cc(C(F)(F)F)cc1Cl. The molecule has 0 aliphatic carbocycles. The third-order valence-electron chi connectivity index (χ3n) is 2.82. The summed E-state index contributed by atoms with van der Waals surface area (Å²) < 4.78 is 36.4. The van der Waals surface area contributed by atoms with Gasteiger partial charge in [-0.25, -0.2) is 0 Å². The van der Waals surface area contributed by atoms with Crippen LogP contribution in [0.3, 0.4) is 0 Å². The van der Waals surface area contributed by atoms with Gasteiger partial charge < -0.3 is 5.11 Å². The monoisotopic (exact) mass is 326 g/mol. The number of hydrogen-bond donors (Lipinski definition) is 1. The molecular weight excluding hydrogens is 311 g/mol. The van der Waals surface area contributed by atoms with E-state index in [9.17, 15) is 13.2 Å². The minimum absolute atomic E-state index is 0.0451. The molecule has 0 saturated heterocycles. The van der Waals surface area contributed by atoms with Crippen molar-refractivity contribution in [3.8, 4) is 0 Å². The first-order chi connectivity index (χ1) is 8.76. The lowest BCUT2D eigenvalue weighted by molar-refractivity contribution is -0.137. The average molecular weight is 327 g/mol. The Labute approximate surface area is 128 Å². The Morgan fingerprint density at radius 2 is 1.40 bits per heavy atom. The van der Waals surface area contributed by atoms with Crippen molar-refractivity contribution in [1.82, 2.24) is 0 Å². The molecule has 0 saturated carbocycles. The van der Waals surface area contributed by atoms with E-state index in [1.54, 1.807) is 0 Å². The first kappa shape index (κ1) is 19.6. The maximum Gasteiger partial charge on any atom is 0.416 e. The van der Waals surface area contributed by atoms with Crippen LogP contribution in [-0.4, -0.2) is 18.6 Å². The summed E-state index contributed by atoms with van der Waals surface area (Å²) in [5, 5.41) is 8.71. The fraction of sp³-hybridized carbons (Fsp3) is 0.538. The standard InChI is InChI=1S/C7H2BCl2F3.C6H14O/c8-6-4(9)1-3(2-5(6)10)7(11,12)13;1-5(2)6(3,4)7/h1-2H;5,7H,1-4H3. The van der Waals surface area contributed by atoms with Crippen LogP contribution in [0.15, 0.2) is 12.1 Å². The van der Waals surface area contributed by atoms with Crippen LogP contribution in [0.4, 0.5) is 13.2 Å². The molecule has 0 atom stereocenters. The first-order valence-electron chi connectivity index (χ1n) is 5.81. The van der Waals surface area contributed by atoms with Gasteiger partial charge in [-0.2, -0.15) is 13.2 Å². The third-order valence-corrected chi connectivity index (χ3v) is 3.44. The van der Waals surface area contributed by atoms with Crippen molar-refractivity contribution in [2.45, 2.75) is 39.5 Å². The van der Waals surface area contributed by atoms with E-state index in [1.807, 2.05) is 27.7 Å². The smallest absolute Gasteiger partial charge is 0.390 e. The highest BCUT2D eigenvalue weighted by atomic mass is 35.5. The Morgan fingerprint density at radius 3 is 1.60 bits per heavy atom. The summed E-state index contributed by atoms with van der Waals surface area (Å²) in [7, 11) is 5.26. The van der Waals surface area contributed by atoms with E-state index in [1.165, 1.54) is 0 Å². The Morgan fingerprint density at radius 1 is 1.10 bits per heavy atom. The predicted octanol–water partition coefficient (Wildman–Crippen LogP) is 4.22. The van der Waals surface area contributed by atoms with Gasteiger partial charge in [0.15, 0.2) is 0 Å². The Kier molecular flexibility index (Phi) is 6.92. The highest BCUT2D eigenvalue weighted by Crippen LogP contribution is 2.31. The van der Waals surface area contributed by atoms with Crippen molar-refractivity contribution in [3.05, 3.63) is 27.7 Å². The van der Waals surface area contributed by atoms with Gasteiger partial charge >= 0.3 is 6.18 Å². The van der Waals surface area contributed by atoms with Gasteiger partial charge in [-0.15, -0.1) is 0 Å². The highest BCUT2D eigenvalue weighted by Gasteiger charge is 2.31. The zero-order chi connectivity index (χ0) is 16.3. The summed E-state index contributed by atoms with van der Waals surface area (Å²) in [6.07, 6.45) is -4.46. The van der Waals surface area contributed by atoms with Crippen LogP contribution in [0, 0.1) is 5.92 Å². The van der Waals surface area contributed by atoms with Crippen molar-refractivity contribution < 1.29 is 18.3 Å². The Bertz CT molecular complexity index is 431. The van der Waals surface area contributed by atoms with E-state index in [-0.39, 0.29) is 15.5 Å². The molecule has 0 bridgehead atoms. The Balaban J connectivity index is 0.000000441. The molecule has 0 unspecified atom stereocenters.